The minimum Gasteiger partial charge on any atom is -0.286 e. The third kappa shape index (κ3) is 1.40. The van der Waals surface area contributed by atoms with Gasteiger partial charge in [-0.05, 0) is 12.5 Å². The summed E-state index contributed by atoms with van der Waals surface area (Å²) in [5, 5.41) is 0. The van der Waals surface area contributed by atoms with Crippen LogP contribution in [0.2, 0.25) is 0 Å². The second-order valence-electron chi connectivity index (χ2n) is 3.31. The summed E-state index contributed by atoms with van der Waals surface area (Å²) in [7, 11) is 0. The lowest BCUT2D eigenvalue weighted by Gasteiger charge is -2.06. The van der Waals surface area contributed by atoms with Gasteiger partial charge < -0.3 is 0 Å². The van der Waals surface area contributed by atoms with Gasteiger partial charge >= 0.3 is 5.91 Å². The molecule has 0 spiro atoms. The Balaban J connectivity index is 2.28. The Hall–Kier alpha value is -1.68. The monoisotopic (exact) mass is 190 g/mol. The Kier molecular flexibility index (Phi) is 2.05. The van der Waals surface area contributed by atoms with E-state index in [1.165, 1.54) is 0 Å². The van der Waals surface area contributed by atoms with Crippen LogP contribution < -0.4 is 10.9 Å². The van der Waals surface area contributed by atoms with E-state index in [9.17, 15) is 9.59 Å². The predicted octanol–water partition coefficient (Wildman–Crippen LogP) is 0.240. The number of nitrogens with one attached hydrogen (secondary N) is 2. The lowest BCUT2D eigenvalue weighted by Crippen LogP contribution is -2.27. The fourth-order valence-electron chi connectivity index (χ4n) is 1.39. The van der Waals surface area contributed by atoms with Crippen LogP contribution in [-0.4, -0.2) is 11.7 Å². The lowest BCUT2D eigenvalue weighted by molar-refractivity contribution is -0.135. The fraction of sp³-hybridized carbons (Fsp3) is 0.200. The summed E-state index contributed by atoms with van der Waals surface area (Å²) in [5.41, 5.74) is 6.86. The Bertz CT molecular complexity index is 384. The van der Waals surface area contributed by atoms with E-state index in [0.29, 0.717) is 0 Å². The molecule has 1 heterocycles. The van der Waals surface area contributed by atoms with Crippen LogP contribution in [0.3, 0.4) is 0 Å². The van der Waals surface area contributed by atoms with Crippen LogP contribution in [0.15, 0.2) is 24.3 Å². The standard InChI is InChI=1S/C10H10N2O2/c1-6-2-4-7(5-3-6)8-9(13)10(14)12-11-8/h2-5,8,11H,1H3,(H,12,14). The molecule has 1 fully saturated rings. The summed E-state index contributed by atoms with van der Waals surface area (Å²) in [6.45, 7) is 1.97. The first-order valence-electron chi connectivity index (χ1n) is 4.35. The number of carbonyl (C=O) groups excluding carboxylic acids is 2. The number of ketones is 1. The molecule has 14 heavy (non-hydrogen) atoms. The zero-order chi connectivity index (χ0) is 10.1. The third-order valence-electron chi connectivity index (χ3n) is 2.23. The zero-order valence-electron chi connectivity index (χ0n) is 7.70. The van der Waals surface area contributed by atoms with Gasteiger partial charge in [0.15, 0.2) is 0 Å². The highest BCUT2D eigenvalue weighted by atomic mass is 16.2. The molecule has 0 bridgehead atoms. The molecule has 1 amide bonds. The predicted molar refractivity (Wildman–Crippen MR) is 50.2 cm³/mol. The quantitative estimate of drug-likeness (QED) is 0.624. The summed E-state index contributed by atoms with van der Waals surface area (Å²) in [6.07, 6.45) is 0. The van der Waals surface area contributed by atoms with E-state index in [1.807, 2.05) is 31.2 Å². The highest BCUT2D eigenvalue weighted by molar-refractivity contribution is 6.39. The van der Waals surface area contributed by atoms with Gasteiger partial charge in [-0.15, -0.1) is 0 Å². The Labute approximate surface area is 81.3 Å². The number of carbonyl (C=O) groups is 2. The molecule has 0 aromatic heterocycles. The second-order valence-corrected chi connectivity index (χ2v) is 3.31. The van der Waals surface area contributed by atoms with Crippen LogP contribution >= 0.6 is 0 Å². The van der Waals surface area contributed by atoms with Crippen molar-refractivity contribution in [2.75, 3.05) is 0 Å². The van der Waals surface area contributed by atoms with Crippen LogP contribution in [0, 0.1) is 6.92 Å². The maximum atomic E-state index is 11.3. The van der Waals surface area contributed by atoms with Crippen molar-refractivity contribution in [3.8, 4) is 0 Å². The molecule has 1 saturated heterocycles. The van der Waals surface area contributed by atoms with Crippen molar-refractivity contribution in [3.05, 3.63) is 35.4 Å². The zero-order valence-corrected chi connectivity index (χ0v) is 7.70. The molecule has 2 N–H and O–H groups in total. The van der Waals surface area contributed by atoms with Gasteiger partial charge in [0.2, 0.25) is 5.78 Å². The van der Waals surface area contributed by atoms with Gasteiger partial charge in [0, 0.05) is 0 Å². The number of hydrazine groups is 1. The first kappa shape index (κ1) is 8.90. The van der Waals surface area contributed by atoms with Crippen LogP contribution in [0.25, 0.3) is 0 Å². The Morgan fingerprint density at radius 3 is 2.29 bits per heavy atom. The summed E-state index contributed by atoms with van der Waals surface area (Å²) in [5.74, 6) is -1.01. The molecule has 1 atom stereocenters. The average Bonchev–Trinajstić information content (AvgIpc) is 2.50. The molecule has 0 saturated carbocycles. The van der Waals surface area contributed by atoms with Gasteiger partial charge in [0.25, 0.3) is 0 Å². The second kappa shape index (κ2) is 3.23. The van der Waals surface area contributed by atoms with Crippen LogP contribution in [0.4, 0.5) is 0 Å². The highest BCUT2D eigenvalue weighted by Gasteiger charge is 2.32. The molecular formula is C10H10N2O2. The molecule has 1 aromatic rings. The first-order chi connectivity index (χ1) is 6.68. The third-order valence-corrected chi connectivity index (χ3v) is 2.23. The van der Waals surface area contributed by atoms with Gasteiger partial charge in [0.05, 0.1) is 0 Å². The number of hydrogen-bond donors (Lipinski definition) is 2. The summed E-state index contributed by atoms with van der Waals surface area (Å²) in [4.78, 5) is 22.2. The molecule has 1 aliphatic heterocycles. The van der Waals surface area contributed by atoms with Gasteiger partial charge in [-0.2, -0.15) is 0 Å². The Morgan fingerprint density at radius 1 is 1.14 bits per heavy atom. The normalized spacial score (nSPS) is 21.1. The number of aryl methyl sites for hydroxylation is 1. The summed E-state index contributed by atoms with van der Waals surface area (Å²) >= 11 is 0. The number of benzene rings is 1. The van der Waals surface area contributed by atoms with Gasteiger partial charge in [-0.1, -0.05) is 29.8 Å². The van der Waals surface area contributed by atoms with E-state index < -0.39 is 17.7 Å². The summed E-state index contributed by atoms with van der Waals surface area (Å²) < 4.78 is 0. The molecule has 72 valence electrons. The molecule has 4 nitrogen and oxygen atoms in total. The lowest BCUT2D eigenvalue weighted by atomic mass is 10.0. The molecule has 4 heteroatoms. The molecule has 0 radical (unpaired) electrons. The summed E-state index contributed by atoms with van der Waals surface area (Å²) in [6, 6.07) is 6.96. The van der Waals surface area contributed by atoms with E-state index in [2.05, 4.69) is 10.9 Å². The highest BCUT2D eigenvalue weighted by Crippen LogP contribution is 2.16. The maximum Gasteiger partial charge on any atom is 0.303 e. The number of rotatable bonds is 1. The first-order valence-corrected chi connectivity index (χ1v) is 4.35. The van der Waals surface area contributed by atoms with Gasteiger partial charge in [0.1, 0.15) is 6.04 Å². The maximum absolute atomic E-state index is 11.3. The molecule has 0 aliphatic carbocycles. The smallest absolute Gasteiger partial charge is 0.286 e. The van der Waals surface area contributed by atoms with Crippen molar-refractivity contribution in [2.45, 2.75) is 13.0 Å². The van der Waals surface area contributed by atoms with Gasteiger partial charge in [-0.25, -0.2) is 5.43 Å². The molecular weight excluding hydrogens is 180 g/mol. The van der Waals surface area contributed by atoms with Crippen molar-refractivity contribution < 1.29 is 9.59 Å². The van der Waals surface area contributed by atoms with Crippen molar-refractivity contribution in [3.63, 3.8) is 0 Å². The van der Waals surface area contributed by atoms with Crippen molar-refractivity contribution in [1.82, 2.24) is 10.9 Å². The fourth-order valence-corrected chi connectivity index (χ4v) is 1.39. The van der Waals surface area contributed by atoms with Crippen LogP contribution in [0.1, 0.15) is 17.2 Å². The number of hydrogen-bond acceptors (Lipinski definition) is 3. The molecule has 1 unspecified atom stereocenters. The van der Waals surface area contributed by atoms with E-state index in [0.717, 1.165) is 11.1 Å². The van der Waals surface area contributed by atoms with Crippen molar-refractivity contribution >= 4 is 11.7 Å². The topological polar surface area (TPSA) is 58.2 Å². The van der Waals surface area contributed by atoms with Crippen molar-refractivity contribution in [2.24, 2.45) is 0 Å². The van der Waals surface area contributed by atoms with E-state index in [4.69, 9.17) is 0 Å². The van der Waals surface area contributed by atoms with Crippen LogP contribution in [0.5, 0.6) is 0 Å². The minimum absolute atomic E-state index is 0.436. The molecule has 1 aliphatic rings. The molecule has 1 aromatic carbocycles. The molecule has 2 rings (SSSR count). The minimum atomic E-state index is -0.574. The van der Waals surface area contributed by atoms with Gasteiger partial charge in [-0.3, -0.25) is 15.0 Å². The number of amides is 1. The van der Waals surface area contributed by atoms with E-state index in [1.54, 1.807) is 0 Å². The van der Waals surface area contributed by atoms with Crippen LogP contribution in [-0.2, 0) is 9.59 Å². The number of Topliss-reactive ketones (excluding diaryl/α,β-unsaturated/α-hetero) is 1. The van der Waals surface area contributed by atoms with Crippen molar-refractivity contribution in [1.29, 1.82) is 0 Å². The van der Waals surface area contributed by atoms with E-state index >= 15 is 0 Å². The van der Waals surface area contributed by atoms with E-state index in [-0.39, 0.29) is 0 Å². The largest absolute Gasteiger partial charge is 0.303 e. The average molecular weight is 190 g/mol. The Morgan fingerprint density at radius 2 is 1.79 bits per heavy atom. The SMILES string of the molecule is Cc1ccc(C2NNC(=O)C2=O)cc1.